The van der Waals surface area contributed by atoms with Crippen LogP contribution in [-0.4, -0.2) is 37.1 Å². The highest BCUT2D eigenvalue weighted by Gasteiger charge is 2.27. The SMILES string of the molecule is CCN(CC)C1CCN(c2ccc([C@H](C)N)cc2Cl)C1. The third kappa shape index (κ3) is 3.27. The number of anilines is 1. The molecule has 112 valence electrons. The Morgan fingerprint density at radius 2 is 2.10 bits per heavy atom. The van der Waals surface area contributed by atoms with Gasteiger partial charge in [-0.25, -0.2) is 0 Å². The average molecular weight is 296 g/mol. The van der Waals surface area contributed by atoms with Crippen LogP contribution in [0.2, 0.25) is 5.02 Å². The van der Waals surface area contributed by atoms with Gasteiger partial charge in [-0.2, -0.15) is 0 Å². The van der Waals surface area contributed by atoms with Gasteiger partial charge in [-0.1, -0.05) is 31.5 Å². The lowest BCUT2D eigenvalue weighted by atomic mass is 10.1. The Morgan fingerprint density at radius 3 is 2.65 bits per heavy atom. The summed E-state index contributed by atoms with van der Waals surface area (Å²) in [4.78, 5) is 4.93. The second kappa shape index (κ2) is 6.79. The summed E-state index contributed by atoms with van der Waals surface area (Å²) in [5, 5.41) is 0.819. The molecule has 0 spiro atoms. The van der Waals surface area contributed by atoms with E-state index in [2.05, 4.69) is 35.8 Å². The molecule has 1 fully saturated rings. The van der Waals surface area contributed by atoms with Crippen LogP contribution in [0.3, 0.4) is 0 Å². The molecule has 2 rings (SSSR count). The molecule has 20 heavy (non-hydrogen) atoms. The highest BCUT2D eigenvalue weighted by molar-refractivity contribution is 6.33. The predicted molar refractivity (Wildman–Crippen MR) is 87.6 cm³/mol. The van der Waals surface area contributed by atoms with Gasteiger partial charge in [0, 0.05) is 25.2 Å². The Labute approximate surface area is 127 Å². The second-order valence-corrected chi connectivity index (χ2v) is 6.02. The van der Waals surface area contributed by atoms with E-state index in [1.54, 1.807) is 0 Å². The third-order valence-electron chi connectivity index (χ3n) is 4.33. The molecule has 1 aliphatic heterocycles. The Bertz CT molecular complexity index is 443. The summed E-state index contributed by atoms with van der Waals surface area (Å²) in [5.74, 6) is 0. The molecule has 1 aliphatic rings. The van der Waals surface area contributed by atoms with Crippen molar-refractivity contribution in [2.45, 2.75) is 39.3 Å². The van der Waals surface area contributed by atoms with Crippen LogP contribution in [0.1, 0.15) is 38.8 Å². The molecule has 0 amide bonds. The zero-order valence-corrected chi connectivity index (χ0v) is 13.5. The number of halogens is 1. The minimum atomic E-state index is 0.0311. The molecule has 2 N–H and O–H groups in total. The van der Waals surface area contributed by atoms with Gasteiger partial charge in [0.25, 0.3) is 0 Å². The first-order valence-corrected chi connectivity index (χ1v) is 7.98. The molecule has 1 heterocycles. The first-order chi connectivity index (χ1) is 9.56. The van der Waals surface area contributed by atoms with Crippen molar-refractivity contribution < 1.29 is 0 Å². The van der Waals surface area contributed by atoms with Crippen LogP contribution in [0.15, 0.2) is 18.2 Å². The molecule has 1 unspecified atom stereocenters. The number of nitrogens with two attached hydrogens (primary N) is 1. The first-order valence-electron chi connectivity index (χ1n) is 7.60. The molecule has 1 aromatic carbocycles. The Balaban J connectivity index is 2.10. The van der Waals surface area contributed by atoms with Gasteiger partial charge in [-0.05, 0) is 44.1 Å². The lowest BCUT2D eigenvalue weighted by Gasteiger charge is -2.27. The third-order valence-corrected chi connectivity index (χ3v) is 4.63. The zero-order chi connectivity index (χ0) is 14.7. The van der Waals surface area contributed by atoms with Crippen molar-refractivity contribution in [3.63, 3.8) is 0 Å². The average Bonchev–Trinajstić information content (AvgIpc) is 2.89. The maximum Gasteiger partial charge on any atom is 0.0642 e. The van der Waals surface area contributed by atoms with Gasteiger partial charge in [-0.3, -0.25) is 4.90 Å². The van der Waals surface area contributed by atoms with Crippen molar-refractivity contribution in [3.8, 4) is 0 Å². The smallest absolute Gasteiger partial charge is 0.0642 e. The number of hydrogen-bond donors (Lipinski definition) is 1. The summed E-state index contributed by atoms with van der Waals surface area (Å²) >= 11 is 6.44. The fourth-order valence-electron chi connectivity index (χ4n) is 3.06. The van der Waals surface area contributed by atoms with Gasteiger partial charge in [0.15, 0.2) is 0 Å². The van der Waals surface area contributed by atoms with Crippen molar-refractivity contribution in [2.75, 3.05) is 31.1 Å². The van der Waals surface area contributed by atoms with Crippen LogP contribution in [-0.2, 0) is 0 Å². The van der Waals surface area contributed by atoms with Gasteiger partial charge in [0.1, 0.15) is 0 Å². The van der Waals surface area contributed by atoms with Gasteiger partial charge >= 0.3 is 0 Å². The van der Waals surface area contributed by atoms with E-state index in [-0.39, 0.29) is 6.04 Å². The maximum atomic E-state index is 6.44. The number of rotatable bonds is 5. The van der Waals surface area contributed by atoms with Crippen LogP contribution < -0.4 is 10.6 Å². The summed E-state index contributed by atoms with van der Waals surface area (Å²) in [5.41, 5.74) is 8.14. The van der Waals surface area contributed by atoms with Crippen LogP contribution in [0.4, 0.5) is 5.69 Å². The van der Waals surface area contributed by atoms with E-state index in [4.69, 9.17) is 17.3 Å². The molecule has 0 bridgehead atoms. The normalized spacial score (nSPS) is 20.7. The molecule has 0 aromatic heterocycles. The fourth-order valence-corrected chi connectivity index (χ4v) is 3.37. The van der Waals surface area contributed by atoms with Gasteiger partial charge in [0.2, 0.25) is 0 Å². The molecule has 2 atom stereocenters. The monoisotopic (exact) mass is 295 g/mol. The number of nitrogens with zero attached hydrogens (tertiary/aromatic N) is 2. The van der Waals surface area contributed by atoms with Crippen LogP contribution in [0.25, 0.3) is 0 Å². The molecule has 0 saturated carbocycles. The van der Waals surface area contributed by atoms with Crippen molar-refractivity contribution in [2.24, 2.45) is 5.73 Å². The predicted octanol–water partition coefficient (Wildman–Crippen LogP) is 3.28. The zero-order valence-electron chi connectivity index (χ0n) is 12.8. The van der Waals surface area contributed by atoms with Gasteiger partial charge in [-0.15, -0.1) is 0 Å². The summed E-state index contributed by atoms with van der Waals surface area (Å²) in [6, 6.07) is 6.90. The highest BCUT2D eigenvalue weighted by atomic mass is 35.5. The molecule has 0 aliphatic carbocycles. The summed E-state index contributed by atoms with van der Waals surface area (Å²) in [6.07, 6.45) is 1.22. The molecule has 0 radical (unpaired) electrons. The summed E-state index contributed by atoms with van der Waals surface area (Å²) < 4.78 is 0. The Kier molecular flexibility index (Phi) is 5.30. The van der Waals surface area contributed by atoms with E-state index in [0.717, 1.165) is 42.5 Å². The van der Waals surface area contributed by atoms with E-state index in [0.29, 0.717) is 6.04 Å². The van der Waals surface area contributed by atoms with Crippen LogP contribution in [0, 0.1) is 0 Å². The van der Waals surface area contributed by atoms with Crippen LogP contribution >= 0.6 is 11.6 Å². The molecular formula is C16H26ClN3. The Morgan fingerprint density at radius 1 is 1.40 bits per heavy atom. The van der Waals surface area contributed by atoms with Crippen LogP contribution in [0.5, 0.6) is 0 Å². The van der Waals surface area contributed by atoms with Crippen molar-refractivity contribution in [3.05, 3.63) is 28.8 Å². The molecular weight excluding hydrogens is 270 g/mol. The van der Waals surface area contributed by atoms with E-state index >= 15 is 0 Å². The Hall–Kier alpha value is -0.770. The summed E-state index contributed by atoms with van der Waals surface area (Å²) in [7, 11) is 0. The van der Waals surface area contributed by atoms with Crippen molar-refractivity contribution >= 4 is 17.3 Å². The topological polar surface area (TPSA) is 32.5 Å². The minimum absolute atomic E-state index is 0.0311. The largest absolute Gasteiger partial charge is 0.369 e. The fraction of sp³-hybridized carbons (Fsp3) is 0.625. The molecule has 1 aromatic rings. The standard InChI is InChI=1S/C16H26ClN3/c1-4-19(5-2)14-8-9-20(11-14)16-7-6-13(12(3)18)10-15(16)17/h6-7,10,12,14H,4-5,8-9,11,18H2,1-3H3/t12-,14?/m0/s1. The lowest BCUT2D eigenvalue weighted by Crippen LogP contribution is -2.37. The van der Waals surface area contributed by atoms with E-state index in [1.165, 1.54) is 6.42 Å². The minimum Gasteiger partial charge on any atom is -0.369 e. The quantitative estimate of drug-likeness (QED) is 0.905. The van der Waals surface area contributed by atoms with E-state index in [1.807, 2.05) is 13.0 Å². The molecule has 1 saturated heterocycles. The van der Waals surface area contributed by atoms with Crippen molar-refractivity contribution in [1.82, 2.24) is 4.90 Å². The van der Waals surface area contributed by atoms with E-state index in [9.17, 15) is 0 Å². The highest BCUT2D eigenvalue weighted by Crippen LogP contribution is 2.31. The van der Waals surface area contributed by atoms with Gasteiger partial charge in [0.05, 0.1) is 10.7 Å². The van der Waals surface area contributed by atoms with Gasteiger partial charge < -0.3 is 10.6 Å². The number of likely N-dealkylation sites (N-methyl/N-ethyl adjacent to an activating group) is 1. The second-order valence-electron chi connectivity index (χ2n) is 5.61. The number of hydrogen-bond acceptors (Lipinski definition) is 3. The van der Waals surface area contributed by atoms with E-state index < -0.39 is 0 Å². The first kappa shape index (κ1) is 15.6. The maximum absolute atomic E-state index is 6.44. The number of benzene rings is 1. The van der Waals surface area contributed by atoms with Crippen molar-refractivity contribution in [1.29, 1.82) is 0 Å². The molecule has 3 nitrogen and oxygen atoms in total. The molecule has 4 heteroatoms. The summed E-state index contributed by atoms with van der Waals surface area (Å²) in [6.45, 7) is 10.8. The lowest BCUT2D eigenvalue weighted by molar-refractivity contribution is 0.232.